The second kappa shape index (κ2) is 15.7. The molecule has 0 spiro atoms. The van der Waals surface area contributed by atoms with Crippen molar-refractivity contribution in [2.24, 2.45) is 46.3 Å². The zero-order valence-electron chi connectivity index (χ0n) is 28.9. The zero-order chi connectivity index (χ0) is 38.9. The lowest BCUT2D eigenvalue weighted by atomic mass is 9.43. The second-order valence-electron chi connectivity index (χ2n) is 15.1. The van der Waals surface area contributed by atoms with Gasteiger partial charge in [0.2, 0.25) is 0 Å². The highest BCUT2D eigenvalue weighted by Gasteiger charge is 2.68. The molecule has 0 aliphatic heterocycles. The standard InChI is InChI=1S/C33H45F5O13S/c1-18(4-7-26(42)47-11-9-27(43)51-29(32(34,35)36)33(37,38)52(44,45)46)21-5-6-22-28-23(14-25(50-17-41)31(21,22)3)30(2)10-8-20(48-15-39)12-19(30)13-24(28)49-16-40/h15-25,28-29H,4-14H2,1-3H3,(H,44,45,46)/t18-,19+,20?,21-,22+,23+,24?,25?,28+,29?,30+,31-/m1/s1. The molecule has 4 fully saturated rings. The van der Waals surface area contributed by atoms with Crippen LogP contribution in [0.1, 0.15) is 85.0 Å². The summed E-state index contributed by atoms with van der Waals surface area (Å²) in [6, 6.07) is 0. The van der Waals surface area contributed by atoms with Gasteiger partial charge in [-0.3, -0.25) is 28.5 Å². The number of fused-ring (bicyclic) bond motifs is 5. The summed E-state index contributed by atoms with van der Waals surface area (Å²) >= 11 is 0. The van der Waals surface area contributed by atoms with Gasteiger partial charge in [0.05, 0.1) is 6.42 Å². The third-order valence-corrected chi connectivity index (χ3v) is 13.6. The molecule has 296 valence electrons. The number of rotatable bonds is 16. The molecule has 1 N–H and O–H groups in total. The average molecular weight is 777 g/mol. The Hall–Kier alpha value is -3.09. The van der Waals surface area contributed by atoms with Gasteiger partial charge in [0.15, 0.2) is 0 Å². The molecular weight excluding hydrogens is 731 g/mol. The summed E-state index contributed by atoms with van der Waals surface area (Å²) in [7, 11) is -6.60. The number of carbonyl (C=O) groups is 5. The van der Waals surface area contributed by atoms with E-state index in [0.29, 0.717) is 51.5 Å². The highest BCUT2D eigenvalue weighted by molar-refractivity contribution is 7.86. The summed E-state index contributed by atoms with van der Waals surface area (Å²) in [5.41, 5.74) is -0.757. The normalized spacial score (nSPS) is 35.7. The first-order valence-corrected chi connectivity index (χ1v) is 18.6. The number of esters is 2. The van der Waals surface area contributed by atoms with E-state index in [1.54, 1.807) is 0 Å². The third kappa shape index (κ3) is 8.04. The third-order valence-electron chi connectivity index (χ3n) is 12.7. The molecule has 52 heavy (non-hydrogen) atoms. The molecular formula is C33H45F5O13S. The topological polar surface area (TPSA) is 186 Å². The quantitative estimate of drug-likeness (QED) is 0.0742. The van der Waals surface area contributed by atoms with Crippen LogP contribution in [0.3, 0.4) is 0 Å². The van der Waals surface area contributed by atoms with E-state index in [0.717, 1.165) is 12.8 Å². The molecule has 19 heteroatoms. The minimum Gasteiger partial charge on any atom is -0.465 e. The molecule has 4 saturated carbocycles. The number of alkyl halides is 5. The van der Waals surface area contributed by atoms with E-state index in [2.05, 4.69) is 18.6 Å². The number of ether oxygens (including phenoxy) is 5. The van der Waals surface area contributed by atoms with Crippen LogP contribution < -0.4 is 0 Å². The fourth-order valence-electron chi connectivity index (χ4n) is 10.3. The molecule has 0 saturated heterocycles. The lowest BCUT2D eigenvalue weighted by Gasteiger charge is -2.64. The Morgan fingerprint density at radius 3 is 2.13 bits per heavy atom. The Labute approximate surface area is 297 Å². The summed E-state index contributed by atoms with van der Waals surface area (Å²) in [6.45, 7) is 6.70. The fourth-order valence-corrected chi connectivity index (χ4v) is 10.7. The van der Waals surface area contributed by atoms with Crippen molar-refractivity contribution < 1.29 is 82.6 Å². The molecule has 0 bridgehead atoms. The minimum atomic E-state index is -6.60. The van der Waals surface area contributed by atoms with Crippen LogP contribution in [0, 0.1) is 46.3 Å². The van der Waals surface area contributed by atoms with Gasteiger partial charge < -0.3 is 23.7 Å². The molecule has 0 aromatic rings. The zero-order valence-corrected chi connectivity index (χ0v) is 29.7. The summed E-state index contributed by atoms with van der Waals surface area (Å²) < 4.78 is 122. The van der Waals surface area contributed by atoms with Crippen LogP contribution in [0.5, 0.6) is 0 Å². The predicted octanol–water partition coefficient (Wildman–Crippen LogP) is 4.79. The number of hydrogen-bond acceptors (Lipinski definition) is 12. The van der Waals surface area contributed by atoms with Gasteiger partial charge in [0, 0.05) is 17.8 Å². The van der Waals surface area contributed by atoms with Crippen molar-refractivity contribution in [3.05, 3.63) is 0 Å². The molecule has 0 amide bonds. The number of carbonyl (C=O) groups excluding carboxylic acids is 5. The molecule has 4 unspecified atom stereocenters. The molecule has 0 aromatic heterocycles. The molecule has 0 radical (unpaired) electrons. The summed E-state index contributed by atoms with van der Waals surface area (Å²) in [5.74, 6) is -2.91. The maximum Gasteiger partial charge on any atom is 0.432 e. The maximum atomic E-state index is 13.7. The molecule has 13 nitrogen and oxygen atoms in total. The van der Waals surface area contributed by atoms with Gasteiger partial charge in [-0.1, -0.05) is 20.8 Å². The number of hydrogen-bond donors (Lipinski definition) is 1. The molecule has 4 aliphatic rings. The van der Waals surface area contributed by atoms with Crippen molar-refractivity contribution in [2.75, 3.05) is 6.61 Å². The highest BCUT2D eigenvalue weighted by Crippen LogP contribution is 2.69. The van der Waals surface area contributed by atoms with E-state index in [9.17, 15) is 54.3 Å². The maximum absolute atomic E-state index is 13.7. The Morgan fingerprint density at radius 2 is 1.54 bits per heavy atom. The van der Waals surface area contributed by atoms with Gasteiger partial charge in [-0.05, 0) is 86.4 Å². The SMILES string of the molecule is C[C@H](CCC(=O)OCCC(=O)OC(C(F)(F)F)C(F)(F)S(=O)(=O)O)[C@H]1CC[C@H]2[C@@H]3C(OC=O)C[C@@H]4CC(OC=O)CC[C@]4(C)[C@H]3CC(OC=O)[C@]12C. The molecule has 0 heterocycles. The molecule has 0 aromatic carbocycles. The van der Waals surface area contributed by atoms with E-state index in [-0.39, 0.29) is 59.9 Å². The van der Waals surface area contributed by atoms with E-state index < -0.39 is 70.2 Å². The summed E-state index contributed by atoms with van der Waals surface area (Å²) in [5, 5.41) is -5.88. The smallest absolute Gasteiger partial charge is 0.432 e. The molecule has 4 rings (SSSR count). The van der Waals surface area contributed by atoms with Crippen molar-refractivity contribution in [1.29, 1.82) is 0 Å². The lowest BCUT2D eigenvalue weighted by molar-refractivity contribution is -0.259. The van der Waals surface area contributed by atoms with Crippen LogP contribution in [0.4, 0.5) is 22.0 Å². The van der Waals surface area contributed by atoms with Crippen molar-refractivity contribution >= 4 is 41.5 Å². The van der Waals surface area contributed by atoms with Gasteiger partial charge in [-0.15, -0.1) is 0 Å². The first-order chi connectivity index (χ1) is 24.2. The molecule has 4 aliphatic carbocycles. The van der Waals surface area contributed by atoms with Crippen LogP contribution >= 0.6 is 0 Å². The van der Waals surface area contributed by atoms with Gasteiger partial charge in [0.1, 0.15) is 24.9 Å². The van der Waals surface area contributed by atoms with Crippen LogP contribution in [0.2, 0.25) is 0 Å². The monoisotopic (exact) mass is 776 g/mol. The number of halogens is 5. The highest BCUT2D eigenvalue weighted by atomic mass is 32.2. The minimum absolute atomic E-state index is 0.0120. The van der Waals surface area contributed by atoms with Gasteiger partial charge in [0.25, 0.3) is 25.5 Å². The Balaban J connectivity index is 1.40. The average Bonchev–Trinajstić information content (AvgIpc) is 3.40. The first-order valence-electron chi connectivity index (χ1n) is 17.2. The summed E-state index contributed by atoms with van der Waals surface area (Å²) in [6.07, 6.45) is -8.04. The van der Waals surface area contributed by atoms with Crippen molar-refractivity contribution in [2.45, 2.75) is 121 Å². The van der Waals surface area contributed by atoms with Crippen LogP contribution in [0.25, 0.3) is 0 Å². The second-order valence-corrected chi connectivity index (χ2v) is 16.6. The van der Waals surface area contributed by atoms with E-state index in [1.807, 2.05) is 6.92 Å². The van der Waals surface area contributed by atoms with Crippen molar-refractivity contribution in [3.63, 3.8) is 0 Å². The van der Waals surface area contributed by atoms with Crippen molar-refractivity contribution in [3.8, 4) is 0 Å². The van der Waals surface area contributed by atoms with Crippen molar-refractivity contribution in [1.82, 2.24) is 0 Å². The largest absolute Gasteiger partial charge is 0.465 e. The Kier molecular flexibility index (Phi) is 12.6. The summed E-state index contributed by atoms with van der Waals surface area (Å²) in [4.78, 5) is 59.1. The van der Waals surface area contributed by atoms with E-state index >= 15 is 0 Å². The van der Waals surface area contributed by atoms with Gasteiger partial charge in [-0.25, -0.2) is 0 Å². The van der Waals surface area contributed by atoms with Crippen LogP contribution in [0.15, 0.2) is 0 Å². The van der Waals surface area contributed by atoms with Gasteiger partial charge in [-0.2, -0.15) is 30.4 Å². The predicted molar refractivity (Wildman–Crippen MR) is 165 cm³/mol. The van der Waals surface area contributed by atoms with Crippen LogP contribution in [-0.2, 0) is 57.8 Å². The molecule has 12 atom stereocenters. The van der Waals surface area contributed by atoms with Crippen LogP contribution in [-0.4, -0.2) is 86.8 Å². The first kappa shape index (κ1) is 41.7. The lowest BCUT2D eigenvalue weighted by Crippen LogP contribution is -2.63. The van der Waals surface area contributed by atoms with E-state index in [1.165, 1.54) is 0 Å². The Morgan fingerprint density at radius 1 is 0.885 bits per heavy atom. The van der Waals surface area contributed by atoms with Gasteiger partial charge >= 0.3 is 33.5 Å². The Bertz CT molecular complexity index is 1440. The fraction of sp³-hybridized carbons (Fsp3) is 0.848. The van der Waals surface area contributed by atoms with E-state index in [4.69, 9.17) is 23.5 Å².